The molecule has 0 atom stereocenters. The minimum absolute atomic E-state index is 0. The van der Waals surface area contributed by atoms with Gasteiger partial charge in [-0.25, -0.2) is 4.98 Å². The molecule has 1 aromatic heterocycles. The number of rotatable bonds is 6. The van der Waals surface area contributed by atoms with Gasteiger partial charge in [-0.3, -0.25) is 4.90 Å². The highest BCUT2D eigenvalue weighted by Crippen LogP contribution is 2.11. The van der Waals surface area contributed by atoms with E-state index in [-0.39, 0.29) is 50.9 Å². The number of pyridine rings is 1. The first-order valence-electron chi connectivity index (χ1n) is 8.31. The van der Waals surface area contributed by atoms with Crippen molar-refractivity contribution < 1.29 is 4.74 Å². The molecule has 0 N–H and O–H groups in total. The van der Waals surface area contributed by atoms with Crippen molar-refractivity contribution in [1.82, 2.24) is 14.8 Å². The van der Waals surface area contributed by atoms with E-state index in [1.54, 1.807) is 7.11 Å². The molecule has 0 bridgehead atoms. The highest BCUT2D eigenvalue weighted by Gasteiger charge is 2.16. The molecule has 2 aromatic rings. The van der Waals surface area contributed by atoms with Crippen LogP contribution in [-0.2, 0) is 13.0 Å². The SMILES string of the molecule is Br.Br.Br.COc1ccc(CN2CCN(CCc3ccccc3)CC2)cn1. The summed E-state index contributed by atoms with van der Waals surface area (Å²) in [5.74, 6) is 0.680. The van der Waals surface area contributed by atoms with Crippen LogP contribution in [0.5, 0.6) is 5.88 Å². The second-order valence-electron chi connectivity index (χ2n) is 6.06. The van der Waals surface area contributed by atoms with Crippen LogP contribution in [0.1, 0.15) is 11.1 Å². The maximum absolute atomic E-state index is 5.11. The Hall–Kier alpha value is -0.470. The Morgan fingerprint density at radius 2 is 1.50 bits per heavy atom. The van der Waals surface area contributed by atoms with E-state index in [0.717, 1.165) is 45.7 Å². The van der Waals surface area contributed by atoms with Gasteiger partial charge in [0.05, 0.1) is 7.11 Å². The second-order valence-corrected chi connectivity index (χ2v) is 6.06. The summed E-state index contributed by atoms with van der Waals surface area (Å²) in [6.45, 7) is 6.68. The van der Waals surface area contributed by atoms with Gasteiger partial charge in [0.25, 0.3) is 0 Å². The first kappa shape index (κ1) is 25.5. The molecule has 0 spiro atoms. The monoisotopic (exact) mass is 551 g/mol. The first-order chi connectivity index (χ1) is 11.3. The minimum atomic E-state index is 0. The summed E-state index contributed by atoms with van der Waals surface area (Å²) in [7, 11) is 1.65. The minimum Gasteiger partial charge on any atom is -0.481 e. The van der Waals surface area contributed by atoms with Gasteiger partial charge >= 0.3 is 0 Å². The fourth-order valence-corrected chi connectivity index (χ4v) is 2.99. The van der Waals surface area contributed by atoms with Crippen molar-refractivity contribution in [2.75, 3.05) is 39.8 Å². The van der Waals surface area contributed by atoms with Crippen LogP contribution in [0.15, 0.2) is 48.7 Å². The van der Waals surface area contributed by atoms with Crippen LogP contribution in [0.4, 0.5) is 0 Å². The number of ether oxygens (including phenoxy) is 1. The van der Waals surface area contributed by atoms with E-state index in [4.69, 9.17) is 4.74 Å². The lowest BCUT2D eigenvalue weighted by molar-refractivity contribution is 0.128. The summed E-state index contributed by atoms with van der Waals surface area (Å²) in [5, 5.41) is 0. The van der Waals surface area contributed by atoms with E-state index in [1.165, 1.54) is 11.1 Å². The number of methoxy groups -OCH3 is 1. The fraction of sp³-hybridized carbons (Fsp3) is 0.421. The van der Waals surface area contributed by atoms with Crippen molar-refractivity contribution in [3.8, 4) is 5.88 Å². The van der Waals surface area contributed by atoms with Gasteiger partial charge in [-0.05, 0) is 17.5 Å². The molecule has 2 heterocycles. The topological polar surface area (TPSA) is 28.6 Å². The van der Waals surface area contributed by atoms with Crippen LogP contribution in [0.3, 0.4) is 0 Å². The average Bonchev–Trinajstić information content (AvgIpc) is 2.63. The molecule has 7 heteroatoms. The number of hydrogen-bond acceptors (Lipinski definition) is 4. The van der Waals surface area contributed by atoms with Crippen LogP contribution in [-0.4, -0.2) is 54.6 Å². The third-order valence-corrected chi connectivity index (χ3v) is 4.44. The zero-order chi connectivity index (χ0) is 15.9. The van der Waals surface area contributed by atoms with Crippen LogP contribution in [0, 0.1) is 0 Å². The van der Waals surface area contributed by atoms with E-state index >= 15 is 0 Å². The number of halogens is 3. The Morgan fingerprint density at radius 3 is 2.08 bits per heavy atom. The van der Waals surface area contributed by atoms with Gasteiger partial charge in [0.2, 0.25) is 5.88 Å². The number of aromatic nitrogens is 1. The maximum atomic E-state index is 5.11. The molecular weight excluding hydrogens is 526 g/mol. The lowest BCUT2D eigenvalue weighted by atomic mass is 10.1. The van der Waals surface area contributed by atoms with E-state index < -0.39 is 0 Å². The Kier molecular flexibility index (Phi) is 13.4. The lowest BCUT2D eigenvalue weighted by Crippen LogP contribution is -2.46. The highest BCUT2D eigenvalue weighted by molar-refractivity contribution is 8.93. The van der Waals surface area contributed by atoms with E-state index in [2.05, 4.69) is 51.2 Å². The average molecular weight is 554 g/mol. The van der Waals surface area contributed by atoms with E-state index in [0.29, 0.717) is 5.88 Å². The molecule has 0 amide bonds. The quantitative estimate of drug-likeness (QED) is 0.536. The van der Waals surface area contributed by atoms with Crippen molar-refractivity contribution in [1.29, 1.82) is 0 Å². The van der Waals surface area contributed by atoms with Gasteiger partial charge < -0.3 is 9.64 Å². The summed E-state index contributed by atoms with van der Waals surface area (Å²) in [5.41, 5.74) is 2.68. The third-order valence-electron chi connectivity index (χ3n) is 4.44. The maximum Gasteiger partial charge on any atom is 0.212 e. The number of benzene rings is 1. The molecule has 26 heavy (non-hydrogen) atoms. The molecule has 0 aliphatic carbocycles. The molecular formula is C19H28Br3N3O. The van der Waals surface area contributed by atoms with Gasteiger partial charge in [-0.2, -0.15) is 0 Å². The molecule has 1 aliphatic rings. The summed E-state index contributed by atoms with van der Waals surface area (Å²) in [6, 6.07) is 14.8. The predicted molar refractivity (Wildman–Crippen MR) is 124 cm³/mol. The van der Waals surface area contributed by atoms with Gasteiger partial charge in [0.15, 0.2) is 0 Å². The van der Waals surface area contributed by atoms with Crippen molar-refractivity contribution in [2.24, 2.45) is 0 Å². The Balaban J connectivity index is 0.00000208. The van der Waals surface area contributed by atoms with Crippen molar-refractivity contribution in [3.05, 3.63) is 59.8 Å². The number of piperazine rings is 1. The molecule has 146 valence electrons. The van der Waals surface area contributed by atoms with Crippen molar-refractivity contribution >= 4 is 50.9 Å². The van der Waals surface area contributed by atoms with Gasteiger partial charge in [-0.1, -0.05) is 36.4 Å². The Morgan fingerprint density at radius 1 is 0.846 bits per heavy atom. The third kappa shape index (κ3) is 8.05. The molecule has 0 saturated carbocycles. The number of hydrogen-bond donors (Lipinski definition) is 0. The smallest absolute Gasteiger partial charge is 0.212 e. The summed E-state index contributed by atoms with van der Waals surface area (Å²) < 4.78 is 5.11. The molecule has 1 saturated heterocycles. The van der Waals surface area contributed by atoms with Crippen LogP contribution in [0.25, 0.3) is 0 Å². The Labute approximate surface area is 188 Å². The van der Waals surface area contributed by atoms with Crippen LogP contribution < -0.4 is 4.74 Å². The molecule has 1 aliphatic heterocycles. The standard InChI is InChI=1S/C19H25N3O.3BrH/c1-23-19-8-7-18(15-20-19)16-22-13-11-21(12-14-22)10-9-17-5-3-2-4-6-17;;;/h2-8,15H,9-14,16H2,1H3;3*1H. The van der Waals surface area contributed by atoms with Crippen LogP contribution in [0.2, 0.25) is 0 Å². The fourth-order valence-electron chi connectivity index (χ4n) is 2.99. The normalized spacial score (nSPS) is 14.5. The van der Waals surface area contributed by atoms with Gasteiger partial charge in [0.1, 0.15) is 0 Å². The summed E-state index contributed by atoms with van der Waals surface area (Å²) >= 11 is 0. The Bertz CT molecular complexity index is 591. The van der Waals surface area contributed by atoms with E-state index in [1.807, 2.05) is 12.3 Å². The zero-order valence-electron chi connectivity index (χ0n) is 15.0. The largest absolute Gasteiger partial charge is 0.481 e. The lowest BCUT2D eigenvalue weighted by Gasteiger charge is -2.34. The molecule has 1 aromatic carbocycles. The number of nitrogens with zero attached hydrogens (tertiary/aromatic N) is 3. The van der Waals surface area contributed by atoms with Crippen molar-refractivity contribution in [2.45, 2.75) is 13.0 Å². The molecule has 0 radical (unpaired) electrons. The van der Waals surface area contributed by atoms with Gasteiger partial charge in [-0.15, -0.1) is 50.9 Å². The first-order valence-corrected chi connectivity index (χ1v) is 8.31. The zero-order valence-corrected chi connectivity index (χ0v) is 20.2. The highest BCUT2D eigenvalue weighted by atomic mass is 79.9. The van der Waals surface area contributed by atoms with Crippen LogP contribution >= 0.6 is 50.9 Å². The summed E-state index contributed by atoms with van der Waals surface area (Å²) in [6.07, 6.45) is 3.06. The van der Waals surface area contributed by atoms with E-state index in [9.17, 15) is 0 Å². The molecule has 4 nitrogen and oxygen atoms in total. The predicted octanol–water partition coefficient (Wildman–Crippen LogP) is 4.18. The van der Waals surface area contributed by atoms with Crippen molar-refractivity contribution in [3.63, 3.8) is 0 Å². The molecule has 3 rings (SSSR count). The van der Waals surface area contributed by atoms with Gasteiger partial charge in [0, 0.05) is 51.5 Å². The second kappa shape index (κ2) is 13.7. The summed E-state index contributed by atoms with van der Waals surface area (Å²) in [4.78, 5) is 9.35. The molecule has 1 fully saturated rings. The molecule has 0 unspecified atom stereocenters.